The first-order chi connectivity index (χ1) is 14.5. The molecule has 0 atom stereocenters. The molecule has 0 heterocycles. The van der Waals surface area contributed by atoms with Crippen LogP contribution in [-0.2, 0) is 20.8 Å². The summed E-state index contributed by atoms with van der Waals surface area (Å²) in [5.74, 6) is -1.62. The molecule has 8 nitrogen and oxygen atoms in total. The fourth-order valence-electron chi connectivity index (χ4n) is 2.34. The Morgan fingerprint density at radius 1 is 1.07 bits per heavy atom. The van der Waals surface area contributed by atoms with Crippen molar-refractivity contribution >= 4 is 29.6 Å². The zero-order valence-electron chi connectivity index (χ0n) is 16.7. The first-order valence-electron chi connectivity index (χ1n) is 9.36. The van der Waals surface area contributed by atoms with Crippen molar-refractivity contribution < 1.29 is 19.1 Å². The van der Waals surface area contributed by atoms with E-state index in [-0.39, 0.29) is 19.1 Å². The van der Waals surface area contributed by atoms with Gasteiger partial charge in [0.05, 0.1) is 6.21 Å². The molecule has 0 unspecified atom stereocenters. The summed E-state index contributed by atoms with van der Waals surface area (Å²) >= 11 is 0. The van der Waals surface area contributed by atoms with Gasteiger partial charge in [0.25, 0.3) is 5.91 Å². The minimum Gasteiger partial charge on any atom is -0.483 e. The largest absolute Gasteiger partial charge is 0.483 e. The summed E-state index contributed by atoms with van der Waals surface area (Å²) < 4.78 is 5.57. The predicted octanol–water partition coefficient (Wildman–Crippen LogP) is 2.02. The summed E-state index contributed by atoms with van der Waals surface area (Å²) in [4.78, 5) is 35.2. The molecule has 2 aromatic carbocycles. The van der Waals surface area contributed by atoms with E-state index in [4.69, 9.17) is 4.74 Å². The maximum absolute atomic E-state index is 12.1. The number of carbonyl (C=O) groups excluding carboxylic acids is 3. The van der Waals surface area contributed by atoms with Gasteiger partial charge in [-0.1, -0.05) is 37.3 Å². The van der Waals surface area contributed by atoms with Crippen molar-refractivity contribution in [1.82, 2.24) is 10.7 Å². The molecule has 0 aromatic heterocycles. The van der Waals surface area contributed by atoms with Crippen LogP contribution in [0, 0.1) is 0 Å². The molecule has 156 valence electrons. The number of aryl methyl sites for hydroxylation is 1. The molecule has 0 aliphatic heterocycles. The Morgan fingerprint density at radius 2 is 1.80 bits per heavy atom. The second kappa shape index (κ2) is 11.8. The molecule has 3 amide bonds. The number of amides is 3. The molecule has 3 N–H and O–H groups in total. The van der Waals surface area contributed by atoms with Gasteiger partial charge in [0.1, 0.15) is 5.75 Å². The van der Waals surface area contributed by atoms with Gasteiger partial charge in [-0.25, -0.2) is 5.43 Å². The zero-order chi connectivity index (χ0) is 21.8. The molecule has 0 spiro atoms. The number of anilines is 1. The lowest BCUT2D eigenvalue weighted by atomic mass is 10.1. The second-order valence-corrected chi connectivity index (χ2v) is 6.12. The van der Waals surface area contributed by atoms with Crippen LogP contribution in [0.1, 0.15) is 18.1 Å². The van der Waals surface area contributed by atoms with E-state index in [2.05, 4.69) is 34.7 Å². The van der Waals surface area contributed by atoms with Gasteiger partial charge in [-0.2, -0.15) is 5.10 Å². The molecule has 0 aliphatic rings. The van der Waals surface area contributed by atoms with E-state index >= 15 is 0 Å². The van der Waals surface area contributed by atoms with Gasteiger partial charge >= 0.3 is 11.8 Å². The van der Waals surface area contributed by atoms with Crippen molar-refractivity contribution in [2.45, 2.75) is 13.3 Å². The molecule has 2 aromatic rings. The third-order valence-corrected chi connectivity index (χ3v) is 3.91. The normalized spacial score (nSPS) is 10.3. The minimum atomic E-state index is -0.903. The highest BCUT2D eigenvalue weighted by atomic mass is 16.5. The van der Waals surface area contributed by atoms with Crippen molar-refractivity contribution in [3.63, 3.8) is 0 Å². The summed E-state index contributed by atoms with van der Waals surface area (Å²) in [5.41, 5.74) is 4.53. The van der Waals surface area contributed by atoms with Crippen molar-refractivity contribution in [2.24, 2.45) is 5.10 Å². The summed E-state index contributed by atoms with van der Waals surface area (Å²) in [6, 6.07) is 14.4. The number of nitrogens with one attached hydrogen (secondary N) is 3. The van der Waals surface area contributed by atoms with Crippen LogP contribution in [-0.4, -0.2) is 37.1 Å². The molecule has 0 saturated heterocycles. The third-order valence-electron chi connectivity index (χ3n) is 3.91. The van der Waals surface area contributed by atoms with Gasteiger partial charge in [-0.3, -0.25) is 14.4 Å². The van der Waals surface area contributed by atoms with Gasteiger partial charge in [-0.05, 0) is 36.2 Å². The molecule has 0 radical (unpaired) electrons. The van der Waals surface area contributed by atoms with Crippen LogP contribution < -0.4 is 20.8 Å². The summed E-state index contributed by atoms with van der Waals surface area (Å²) in [5, 5.41) is 8.85. The molecule has 0 bridgehead atoms. The van der Waals surface area contributed by atoms with E-state index in [0.29, 0.717) is 17.0 Å². The molecule has 0 fully saturated rings. The van der Waals surface area contributed by atoms with Gasteiger partial charge in [-0.15, -0.1) is 6.58 Å². The van der Waals surface area contributed by atoms with Crippen LogP contribution in [0.5, 0.6) is 5.75 Å². The lowest BCUT2D eigenvalue weighted by Crippen LogP contribution is -2.37. The van der Waals surface area contributed by atoms with Crippen LogP contribution in [0.25, 0.3) is 0 Å². The third kappa shape index (κ3) is 7.23. The summed E-state index contributed by atoms with van der Waals surface area (Å²) in [7, 11) is 0. The number of hydrogen-bond donors (Lipinski definition) is 3. The lowest BCUT2D eigenvalue weighted by Gasteiger charge is -2.10. The Bertz CT molecular complexity index is 923. The topological polar surface area (TPSA) is 109 Å². The zero-order valence-corrected chi connectivity index (χ0v) is 16.7. The van der Waals surface area contributed by atoms with E-state index < -0.39 is 11.8 Å². The summed E-state index contributed by atoms with van der Waals surface area (Å²) in [6.45, 7) is 5.49. The maximum Gasteiger partial charge on any atom is 0.329 e. The number of ether oxygens (including phenoxy) is 1. The Balaban J connectivity index is 1.89. The van der Waals surface area contributed by atoms with Crippen molar-refractivity contribution in [2.75, 3.05) is 18.5 Å². The van der Waals surface area contributed by atoms with E-state index in [0.717, 1.165) is 6.42 Å². The van der Waals surface area contributed by atoms with Crippen LogP contribution in [0.2, 0.25) is 0 Å². The Labute approximate surface area is 175 Å². The average Bonchev–Trinajstić information content (AvgIpc) is 2.77. The smallest absolute Gasteiger partial charge is 0.329 e. The van der Waals surface area contributed by atoms with Crippen LogP contribution in [0.15, 0.2) is 66.3 Å². The van der Waals surface area contributed by atoms with Gasteiger partial charge in [0.15, 0.2) is 6.61 Å². The minimum absolute atomic E-state index is 0.178. The molecule has 0 saturated carbocycles. The van der Waals surface area contributed by atoms with Crippen LogP contribution >= 0.6 is 0 Å². The molecular formula is C22H24N4O4. The number of carbonyl (C=O) groups is 3. The average molecular weight is 408 g/mol. The molecule has 2 rings (SSSR count). The lowest BCUT2D eigenvalue weighted by molar-refractivity contribution is -0.139. The van der Waals surface area contributed by atoms with Crippen molar-refractivity contribution in [3.05, 3.63) is 72.3 Å². The monoisotopic (exact) mass is 408 g/mol. The first-order valence-corrected chi connectivity index (χ1v) is 9.36. The van der Waals surface area contributed by atoms with Crippen molar-refractivity contribution in [3.8, 4) is 5.75 Å². The number of nitrogens with zero attached hydrogens (tertiary/aromatic N) is 1. The number of benzene rings is 2. The van der Waals surface area contributed by atoms with E-state index in [9.17, 15) is 14.4 Å². The number of rotatable bonds is 9. The first kappa shape index (κ1) is 22.4. The molecular weight excluding hydrogens is 384 g/mol. The number of hydrogen-bond acceptors (Lipinski definition) is 5. The van der Waals surface area contributed by atoms with Gasteiger partial charge in [0, 0.05) is 17.8 Å². The van der Waals surface area contributed by atoms with Crippen LogP contribution in [0.3, 0.4) is 0 Å². The van der Waals surface area contributed by atoms with E-state index in [1.165, 1.54) is 17.9 Å². The highest BCUT2D eigenvalue weighted by Crippen LogP contribution is 2.16. The fraction of sp³-hybridized carbons (Fsp3) is 0.182. The molecule has 0 aliphatic carbocycles. The Hall–Kier alpha value is -3.94. The number of para-hydroxylation sites is 1. The predicted molar refractivity (Wildman–Crippen MR) is 115 cm³/mol. The fourth-order valence-corrected chi connectivity index (χ4v) is 2.34. The van der Waals surface area contributed by atoms with Gasteiger partial charge in [0.2, 0.25) is 0 Å². The molecule has 8 heteroatoms. The Morgan fingerprint density at radius 3 is 2.50 bits per heavy atom. The quantitative estimate of drug-likeness (QED) is 0.255. The standard InChI is InChI=1S/C22H24N4O4/c1-3-13-23-21(28)22(29)26-24-14-17-7-5-6-8-19(17)30-15-20(27)25-18-11-9-16(4-2)10-12-18/h3,5-12,14H,1,4,13,15H2,2H3,(H,23,28)(H,25,27)(H,26,29)/b24-14-. The SMILES string of the molecule is C=CCNC(=O)C(=O)N/N=C\c1ccccc1OCC(=O)Nc1ccc(CC)cc1. The highest BCUT2D eigenvalue weighted by molar-refractivity contribution is 6.35. The van der Waals surface area contributed by atoms with E-state index in [1.807, 2.05) is 24.3 Å². The highest BCUT2D eigenvalue weighted by Gasteiger charge is 2.11. The second-order valence-electron chi connectivity index (χ2n) is 6.12. The van der Waals surface area contributed by atoms with Crippen LogP contribution in [0.4, 0.5) is 5.69 Å². The van der Waals surface area contributed by atoms with E-state index in [1.54, 1.807) is 24.3 Å². The van der Waals surface area contributed by atoms with Crippen molar-refractivity contribution in [1.29, 1.82) is 0 Å². The Kier molecular flexibility index (Phi) is 8.79. The summed E-state index contributed by atoms with van der Waals surface area (Å²) in [6.07, 6.45) is 3.71. The molecule has 30 heavy (non-hydrogen) atoms. The number of hydrazone groups is 1. The maximum atomic E-state index is 12.1. The van der Waals surface area contributed by atoms with Gasteiger partial charge < -0.3 is 15.4 Å².